The number of rotatable bonds is 3. The van der Waals surface area contributed by atoms with Gasteiger partial charge in [0.05, 0.1) is 11.0 Å². The van der Waals surface area contributed by atoms with Gasteiger partial charge in [0.1, 0.15) is 0 Å². The van der Waals surface area contributed by atoms with Crippen LogP contribution < -0.4 is 0 Å². The lowest BCUT2D eigenvalue weighted by molar-refractivity contribution is 0.408. The molecular formula is C16H11F5O3S. The molecule has 134 valence electrons. The van der Waals surface area contributed by atoms with Gasteiger partial charge in [-0.25, -0.2) is 13.2 Å². The van der Waals surface area contributed by atoms with Gasteiger partial charge in [0.15, 0.2) is 17.5 Å². The van der Waals surface area contributed by atoms with Crippen LogP contribution in [0.5, 0.6) is 0 Å². The molecule has 1 N–H and O–H groups in total. The average Bonchev–Trinajstić information content (AvgIpc) is 2.56. The van der Waals surface area contributed by atoms with Crippen molar-refractivity contribution in [1.82, 2.24) is 0 Å². The van der Waals surface area contributed by atoms with Gasteiger partial charge in [-0.05, 0) is 23.8 Å². The SMILES string of the molecule is FC(F)=C(F)c1cccc(F)c1F.O=S(=O)(O)C=Cc1ccccc1. The zero-order valence-corrected chi connectivity index (χ0v) is 13.2. The van der Waals surface area contributed by atoms with Crippen molar-refractivity contribution >= 4 is 22.0 Å². The molecule has 9 heteroatoms. The van der Waals surface area contributed by atoms with Crippen LogP contribution in [0.15, 0.2) is 60.0 Å². The second kappa shape index (κ2) is 9.09. The Bertz CT molecular complexity index is 874. The maximum Gasteiger partial charge on any atom is 0.306 e. The highest BCUT2D eigenvalue weighted by Gasteiger charge is 2.15. The molecule has 0 atom stereocenters. The Hall–Kier alpha value is -2.52. The Morgan fingerprint density at radius 1 is 0.920 bits per heavy atom. The molecule has 3 nitrogen and oxygen atoms in total. The zero-order valence-electron chi connectivity index (χ0n) is 12.3. The summed E-state index contributed by atoms with van der Waals surface area (Å²) in [7, 11) is -4.00. The summed E-state index contributed by atoms with van der Waals surface area (Å²) in [6.07, 6.45) is -1.35. The Morgan fingerprint density at radius 2 is 1.52 bits per heavy atom. The summed E-state index contributed by atoms with van der Waals surface area (Å²) in [5, 5.41) is 0.752. The van der Waals surface area contributed by atoms with Crippen molar-refractivity contribution in [3.8, 4) is 0 Å². The van der Waals surface area contributed by atoms with E-state index in [2.05, 4.69) is 0 Å². The Balaban J connectivity index is 0.000000251. The highest BCUT2D eigenvalue weighted by Crippen LogP contribution is 2.25. The minimum Gasteiger partial charge on any atom is -0.282 e. The van der Waals surface area contributed by atoms with Crippen LogP contribution in [0.4, 0.5) is 22.0 Å². The normalized spacial score (nSPS) is 11.0. The second-order valence-electron chi connectivity index (χ2n) is 4.40. The predicted molar refractivity (Wildman–Crippen MR) is 83.6 cm³/mol. The van der Waals surface area contributed by atoms with Crippen molar-refractivity contribution in [3.63, 3.8) is 0 Å². The molecule has 0 amide bonds. The summed E-state index contributed by atoms with van der Waals surface area (Å²) < 4.78 is 89.6. The van der Waals surface area contributed by atoms with Gasteiger partial charge in [0, 0.05) is 0 Å². The van der Waals surface area contributed by atoms with Crippen LogP contribution in [0.25, 0.3) is 11.9 Å². The lowest BCUT2D eigenvalue weighted by atomic mass is 10.2. The molecule has 2 aromatic carbocycles. The molecule has 0 bridgehead atoms. The number of hydrogen-bond donors (Lipinski definition) is 1. The first-order chi connectivity index (χ1) is 11.6. The van der Waals surface area contributed by atoms with Crippen molar-refractivity contribution in [2.75, 3.05) is 0 Å². The molecule has 0 aromatic heterocycles. The predicted octanol–water partition coefficient (Wildman–Crippen LogP) is 5.04. The molecule has 0 saturated heterocycles. The highest BCUT2D eigenvalue weighted by atomic mass is 32.2. The van der Waals surface area contributed by atoms with Crippen molar-refractivity contribution < 1.29 is 34.9 Å². The summed E-state index contributed by atoms with van der Waals surface area (Å²) in [4.78, 5) is 0. The van der Waals surface area contributed by atoms with Gasteiger partial charge >= 0.3 is 6.08 Å². The third kappa shape index (κ3) is 7.27. The molecule has 25 heavy (non-hydrogen) atoms. The second-order valence-corrected chi connectivity index (χ2v) is 5.71. The van der Waals surface area contributed by atoms with Crippen molar-refractivity contribution in [2.24, 2.45) is 0 Å². The first-order valence-electron chi connectivity index (χ1n) is 6.47. The minimum atomic E-state index is -4.00. The van der Waals surface area contributed by atoms with E-state index in [1.165, 1.54) is 6.08 Å². The van der Waals surface area contributed by atoms with E-state index in [9.17, 15) is 30.4 Å². The van der Waals surface area contributed by atoms with Gasteiger partial charge in [-0.1, -0.05) is 36.4 Å². The highest BCUT2D eigenvalue weighted by molar-refractivity contribution is 7.88. The van der Waals surface area contributed by atoms with Crippen LogP contribution in [-0.4, -0.2) is 13.0 Å². The summed E-state index contributed by atoms with van der Waals surface area (Å²) in [5.41, 5.74) is -0.338. The van der Waals surface area contributed by atoms with Crippen LogP contribution in [0.3, 0.4) is 0 Å². The summed E-state index contributed by atoms with van der Waals surface area (Å²) in [5.74, 6) is -5.03. The molecule has 0 saturated carbocycles. The molecule has 0 heterocycles. The van der Waals surface area contributed by atoms with Crippen LogP contribution in [0.1, 0.15) is 11.1 Å². The standard InChI is InChI=1S/C8H3F5.C8H8O3S/c9-5-3-1-2-4(6(5)10)7(11)8(12)13;9-12(10,11)7-6-8-4-2-1-3-5-8/h1-3H;1-7H,(H,9,10,11). The van der Waals surface area contributed by atoms with Crippen molar-refractivity contribution in [3.05, 3.63) is 82.8 Å². The Morgan fingerprint density at radius 3 is 2.04 bits per heavy atom. The van der Waals surface area contributed by atoms with Crippen LogP contribution in [0, 0.1) is 11.6 Å². The molecular weight excluding hydrogens is 367 g/mol. The van der Waals surface area contributed by atoms with E-state index in [4.69, 9.17) is 4.55 Å². The maximum atomic E-state index is 12.6. The topological polar surface area (TPSA) is 54.4 Å². The summed E-state index contributed by atoms with van der Waals surface area (Å²) >= 11 is 0. The molecule has 0 fully saturated rings. The van der Waals surface area contributed by atoms with Crippen LogP contribution >= 0.6 is 0 Å². The van der Waals surface area contributed by atoms with Gasteiger partial charge in [-0.15, -0.1) is 0 Å². The molecule has 0 aliphatic carbocycles. The fourth-order valence-corrected chi connectivity index (χ4v) is 1.83. The smallest absolute Gasteiger partial charge is 0.282 e. The largest absolute Gasteiger partial charge is 0.306 e. The molecule has 0 aliphatic heterocycles. The number of hydrogen-bond acceptors (Lipinski definition) is 2. The molecule has 2 aromatic rings. The van der Waals surface area contributed by atoms with Gasteiger partial charge in [-0.3, -0.25) is 4.55 Å². The average molecular weight is 378 g/mol. The third-order valence-corrected chi connectivity index (χ3v) is 3.07. The Kier molecular flexibility index (Phi) is 7.46. The van der Waals surface area contributed by atoms with E-state index in [1.54, 1.807) is 24.3 Å². The van der Waals surface area contributed by atoms with E-state index in [1.807, 2.05) is 6.07 Å². The van der Waals surface area contributed by atoms with E-state index in [0.717, 1.165) is 23.1 Å². The lowest BCUT2D eigenvalue weighted by Crippen LogP contribution is -1.90. The molecule has 0 unspecified atom stereocenters. The fraction of sp³-hybridized carbons (Fsp3) is 0. The zero-order chi connectivity index (χ0) is 19.0. The summed E-state index contributed by atoms with van der Waals surface area (Å²) in [6.45, 7) is 0. The first kappa shape index (κ1) is 20.5. The van der Waals surface area contributed by atoms with Gasteiger partial charge in [0.25, 0.3) is 10.1 Å². The van der Waals surface area contributed by atoms with Gasteiger partial charge in [0.2, 0.25) is 0 Å². The van der Waals surface area contributed by atoms with Crippen molar-refractivity contribution in [1.29, 1.82) is 0 Å². The quantitative estimate of drug-likeness (QED) is 0.601. The molecule has 0 spiro atoms. The van der Waals surface area contributed by atoms with E-state index < -0.39 is 39.2 Å². The molecule has 0 aliphatic rings. The fourth-order valence-electron chi connectivity index (χ4n) is 1.50. The van der Waals surface area contributed by atoms with Gasteiger partial charge in [-0.2, -0.15) is 17.2 Å². The molecule has 0 radical (unpaired) electrons. The Labute approximate surface area is 140 Å². The third-order valence-electron chi connectivity index (χ3n) is 2.59. The van der Waals surface area contributed by atoms with Crippen LogP contribution in [-0.2, 0) is 10.1 Å². The maximum absolute atomic E-state index is 12.6. The van der Waals surface area contributed by atoms with E-state index in [-0.39, 0.29) is 0 Å². The minimum absolute atomic E-state index is 0.711. The first-order valence-corrected chi connectivity index (χ1v) is 7.98. The van der Waals surface area contributed by atoms with E-state index >= 15 is 0 Å². The van der Waals surface area contributed by atoms with Crippen molar-refractivity contribution in [2.45, 2.75) is 0 Å². The van der Waals surface area contributed by atoms with E-state index in [0.29, 0.717) is 6.07 Å². The van der Waals surface area contributed by atoms with Gasteiger partial charge < -0.3 is 0 Å². The summed E-state index contributed by atoms with van der Waals surface area (Å²) in [6, 6.07) is 11.2. The monoisotopic (exact) mass is 378 g/mol. The molecule has 2 rings (SSSR count). The number of benzene rings is 2. The lowest BCUT2D eigenvalue weighted by Gasteiger charge is -1.99. The van der Waals surface area contributed by atoms with Crippen LogP contribution in [0.2, 0.25) is 0 Å². The number of halogens is 5.